The van der Waals surface area contributed by atoms with Crippen LogP contribution >= 0.6 is 0 Å². The Labute approximate surface area is 177 Å². The fourth-order valence-corrected chi connectivity index (χ4v) is 3.52. The molecule has 1 saturated heterocycles. The van der Waals surface area contributed by atoms with E-state index < -0.39 is 11.7 Å². The van der Waals surface area contributed by atoms with Crippen LogP contribution in [0.2, 0.25) is 0 Å². The fraction of sp³-hybridized carbons (Fsp3) is 0.273. The summed E-state index contributed by atoms with van der Waals surface area (Å²) in [5, 5.41) is 0. The van der Waals surface area contributed by atoms with E-state index in [4.69, 9.17) is 5.73 Å². The molecule has 0 amide bonds. The fourth-order valence-electron chi connectivity index (χ4n) is 3.52. The van der Waals surface area contributed by atoms with Crippen LogP contribution in [0, 0.1) is 5.82 Å². The standard InChI is InChI=1S/C22H21F4N5/c23-17-5-7-19(8-6-17)30-9-11-31(12-10-30)21-28-18(14-27)13-20(29-21)15-1-3-16(4-2-15)22(24,25)26/h1-8,13H,9-12,14,27H2. The van der Waals surface area contributed by atoms with Crippen molar-refractivity contribution in [3.8, 4) is 11.3 Å². The Morgan fingerprint density at radius 1 is 0.839 bits per heavy atom. The number of nitrogens with zero attached hydrogens (tertiary/aromatic N) is 4. The van der Waals surface area contributed by atoms with Crippen LogP contribution in [-0.2, 0) is 12.7 Å². The van der Waals surface area contributed by atoms with Crippen LogP contribution in [0.1, 0.15) is 11.3 Å². The van der Waals surface area contributed by atoms with Crippen LogP contribution in [0.4, 0.5) is 29.2 Å². The van der Waals surface area contributed by atoms with E-state index in [9.17, 15) is 17.6 Å². The van der Waals surface area contributed by atoms with Crippen molar-refractivity contribution in [1.82, 2.24) is 9.97 Å². The van der Waals surface area contributed by atoms with Gasteiger partial charge in [0.1, 0.15) is 5.82 Å². The Hall–Kier alpha value is -3.20. The van der Waals surface area contributed by atoms with Crippen molar-refractivity contribution in [3.05, 3.63) is 71.7 Å². The average Bonchev–Trinajstić information content (AvgIpc) is 2.79. The molecule has 0 unspecified atom stereocenters. The van der Waals surface area contributed by atoms with Crippen LogP contribution in [0.15, 0.2) is 54.6 Å². The average molecular weight is 431 g/mol. The molecule has 1 aliphatic heterocycles. The SMILES string of the molecule is NCc1cc(-c2ccc(C(F)(F)F)cc2)nc(N2CCN(c3ccc(F)cc3)CC2)n1. The number of anilines is 2. The number of nitrogens with two attached hydrogens (primary N) is 1. The Bertz CT molecular complexity index is 1030. The first-order chi connectivity index (χ1) is 14.8. The monoisotopic (exact) mass is 431 g/mol. The number of alkyl halides is 3. The van der Waals surface area contributed by atoms with E-state index in [2.05, 4.69) is 14.9 Å². The van der Waals surface area contributed by atoms with Gasteiger partial charge in [0.2, 0.25) is 5.95 Å². The van der Waals surface area contributed by atoms with E-state index in [1.54, 1.807) is 18.2 Å². The maximum absolute atomic E-state index is 13.2. The van der Waals surface area contributed by atoms with Gasteiger partial charge in [0, 0.05) is 44.0 Å². The zero-order valence-electron chi connectivity index (χ0n) is 16.6. The molecule has 0 aliphatic carbocycles. The lowest BCUT2D eigenvalue weighted by molar-refractivity contribution is -0.137. The molecule has 2 heterocycles. The minimum atomic E-state index is -4.39. The summed E-state index contributed by atoms with van der Waals surface area (Å²) in [7, 11) is 0. The van der Waals surface area contributed by atoms with Crippen LogP contribution in [0.5, 0.6) is 0 Å². The molecule has 9 heteroatoms. The molecule has 3 aromatic rings. The van der Waals surface area contributed by atoms with Crippen molar-refractivity contribution in [2.24, 2.45) is 5.73 Å². The second-order valence-electron chi connectivity index (χ2n) is 7.27. The Balaban J connectivity index is 1.53. The Morgan fingerprint density at radius 2 is 1.45 bits per heavy atom. The quantitative estimate of drug-likeness (QED) is 0.631. The third-order valence-corrected chi connectivity index (χ3v) is 5.24. The van der Waals surface area contributed by atoms with E-state index in [1.165, 1.54) is 24.3 Å². The third-order valence-electron chi connectivity index (χ3n) is 5.24. The lowest BCUT2D eigenvalue weighted by atomic mass is 10.1. The van der Waals surface area contributed by atoms with Gasteiger partial charge in [-0.1, -0.05) is 12.1 Å². The van der Waals surface area contributed by atoms with E-state index >= 15 is 0 Å². The van der Waals surface area contributed by atoms with Gasteiger partial charge >= 0.3 is 6.18 Å². The van der Waals surface area contributed by atoms with Crippen molar-refractivity contribution >= 4 is 11.6 Å². The van der Waals surface area contributed by atoms with Crippen LogP contribution in [0.25, 0.3) is 11.3 Å². The largest absolute Gasteiger partial charge is 0.416 e. The van der Waals surface area contributed by atoms with Gasteiger partial charge in [-0.05, 0) is 42.5 Å². The van der Waals surface area contributed by atoms with Gasteiger partial charge in [-0.25, -0.2) is 14.4 Å². The molecule has 2 N–H and O–H groups in total. The predicted molar refractivity (Wildman–Crippen MR) is 111 cm³/mol. The summed E-state index contributed by atoms with van der Waals surface area (Å²) in [5.41, 5.74) is 7.74. The van der Waals surface area contributed by atoms with Crippen LogP contribution < -0.4 is 15.5 Å². The molecule has 162 valence electrons. The highest BCUT2D eigenvalue weighted by Gasteiger charge is 2.30. The molecule has 31 heavy (non-hydrogen) atoms. The molecule has 0 saturated carbocycles. The van der Waals surface area contributed by atoms with Crippen molar-refractivity contribution in [2.75, 3.05) is 36.0 Å². The summed E-state index contributed by atoms with van der Waals surface area (Å²) in [6.45, 7) is 2.91. The van der Waals surface area contributed by atoms with Gasteiger partial charge in [-0.2, -0.15) is 13.2 Å². The summed E-state index contributed by atoms with van der Waals surface area (Å²) in [6, 6.07) is 13.0. The number of rotatable bonds is 4. The number of aromatic nitrogens is 2. The molecule has 1 aromatic heterocycles. The van der Waals surface area contributed by atoms with Crippen molar-refractivity contribution in [3.63, 3.8) is 0 Å². The highest BCUT2D eigenvalue weighted by molar-refractivity contribution is 5.62. The van der Waals surface area contributed by atoms with Gasteiger partial charge in [0.15, 0.2) is 0 Å². The lowest BCUT2D eigenvalue weighted by Gasteiger charge is -2.36. The first-order valence-electron chi connectivity index (χ1n) is 9.84. The smallest absolute Gasteiger partial charge is 0.368 e. The maximum atomic E-state index is 13.2. The molecular weight excluding hydrogens is 410 g/mol. The number of halogens is 4. The Morgan fingerprint density at radius 3 is 2.03 bits per heavy atom. The van der Waals surface area contributed by atoms with E-state index in [1.807, 2.05) is 4.90 Å². The molecule has 1 fully saturated rings. The molecular formula is C22H21F4N5. The first kappa shape index (κ1) is 21.0. The normalized spacial score (nSPS) is 14.7. The lowest BCUT2D eigenvalue weighted by Crippen LogP contribution is -2.47. The number of benzene rings is 2. The highest BCUT2D eigenvalue weighted by Crippen LogP contribution is 2.31. The highest BCUT2D eigenvalue weighted by atomic mass is 19.4. The number of piperazine rings is 1. The molecule has 0 radical (unpaired) electrons. The molecule has 5 nitrogen and oxygen atoms in total. The third kappa shape index (κ3) is 4.77. The minimum absolute atomic E-state index is 0.193. The summed E-state index contributed by atoms with van der Waals surface area (Å²) < 4.78 is 51.7. The van der Waals surface area contributed by atoms with E-state index in [-0.39, 0.29) is 12.4 Å². The van der Waals surface area contributed by atoms with Gasteiger partial charge in [-0.15, -0.1) is 0 Å². The zero-order chi connectivity index (χ0) is 22.0. The second kappa shape index (κ2) is 8.50. The van der Waals surface area contributed by atoms with Gasteiger partial charge in [-0.3, -0.25) is 0 Å². The Kier molecular flexibility index (Phi) is 5.77. The van der Waals surface area contributed by atoms with Gasteiger partial charge < -0.3 is 15.5 Å². The maximum Gasteiger partial charge on any atom is 0.416 e. The number of hydrogen-bond acceptors (Lipinski definition) is 5. The van der Waals surface area contributed by atoms with E-state index in [0.29, 0.717) is 49.1 Å². The second-order valence-corrected chi connectivity index (χ2v) is 7.27. The summed E-state index contributed by atoms with van der Waals surface area (Å²) in [5.74, 6) is 0.224. The summed E-state index contributed by atoms with van der Waals surface area (Å²) in [4.78, 5) is 13.3. The van der Waals surface area contributed by atoms with Gasteiger partial charge in [0.25, 0.3) is 0 Å². The topological polar surface area (TPSA) is 58.3 Å². The minimum Gasteiger partial charge on any atom is -0.368 e. The summed E-state index contributed by atoms with van der Waals surface area (Å²) in [6.07, 6.45) is -4.39. The van der Waals surface area contributed by atoms with Crippen LogP contribution in [-0.4, -0.2) is 36.1 Å². The molecule has 2 aromatic carbocycles. The van der Waals surface area contributed by atoms with Crippen molar-refractivity contribution < 1.29 is 17.6 Å². The first-order valence-corrected chi connectivity index (χ1v) is 9.84. The molecule has 0 spiro atoms. The van der Waals surface area contributed by atoms with Gasteiger partial charge in [0.05, 0.1) is 17.0 Å². The summed E-state index contributed by atoms with van der Waals surface area (Å²) >= 11 is 0. The predicted octanol–water partition coefficient (Wildman–Crippen LogP) is 4.09. The zero-order valence-corrected chi connectivity index (χ0v) is 16.6. The number of hydrogen-bond donors (Lipinski definition) is 1. The molecule has 0 bridgehead atoms. The van der Waals surface area contributed by atoms with E-state index in [0.717, 1.165) is 17.8 Å². The molecule has 4 rings (SSSR count). The van der Waals surface area contributed by atoms with Crippen LogP contribution in [0.3, 0.4) is 0 Å². The van der Waals surface area contributed by atoms with Crippen molar-refractivity contribution in [2.45, 2.75) is 12.7 Å². The molecule has 0 atom stereocenters. The van der Waals surface area contributed by atoms with Crippen molar-refractivity contribution in [1.29, 1.82) is 0 Å². The molecule has 1 aliphatic rings.